The van der Waals surface area contributed by atoms with Crippen LogP contribution in [0, 0.1) is 0 Å². The Morgan fingerprint density at radius 3 is 2.89 bits per heavy atom. The van der Waals surface area contributed by atoms with Crippen LogP contribution in [0.2, 0.25) is 0 Å². The molecule has 3 N–H and O–H groups in total. The van der Waals surface area contributed by atoms with Gasteiger partial charge in [0.05, 0.1) is 23.9 Å². The number of nitrogens with two attached hydrogens (primary N) is 1. The number of carbonyl (C=O) groups excluding carboxylic acids is 1. The van der Waals surface area contributed by atoms with Crippen molar-refractivity contribution in [2.75, 3.05) is 13.2 Å². The van der Waals surface area contributed by atoms with Crippen LogP contribution in [0.3, 0.4) is 0 Å². The van der Waals surface area contributed by atoms with Gasteiger partial charge < -0.3 is 15.8 Å². The average Bonchev–Trinajstić information content (AvgIpc) is 2.44. The molecule has 1 atom stereocenters. The number of para-hydroxylation sites is 1. The molecule has 1 amide bonds. The van der Waals surface area contributed by atoms with Crippen molar-refractivity contribution in [3.05, 3.63) is 42.1 Å². The number of benzene rings is 1. The molecule has 0 aliphatic heterocycles. The van der Waals surface area contributed by atoms with Crippen molar-refractivity contribution < 1.29 is 9.53 Å². The number of hydrogen-bond acceptors (Lipinski definition) is 4. The van der Waals surface area contributed by atoms with Gasteiger partial charge in [0.25, 0.3) is 0 Å². The van der Waals surface area contributed by atoms with Crippen molar-refractivity contribution >= 4 is 17.0 Å². The van der Waals surface area contributed by atoms with Gasteiger partial charge in [-0.3, -0.25) is 4.98 Å². The van der Waals surface area contributed by atoms with Crippen molar-refractivity contribution in [3.63, 3.8) is 0 Å². The molecule has 1 unspecified atom stereocenters. The summed E-state index contributed by atoms with van der Waals surface area (Å²) < 4.78 is 4.85. The predicted octanol–water partition coefficient (Wildman–Crippen LogP) is 1.98. The zero-order valence-corrected chi connectivity index (χ0v) is 10.8. The van der Waals surface area contributed by atoms with Gasteiger partial charge in [0.2, 0.25) is 0 Å². The fourth-order valence-electron chi connectivity index (χ4n) is 1.84. The smallest absolute Gasteiger partial charge is 0.407 e. The molecule has 1 heterocycles. The molecule has 2 aromatic rings. The number of rotatable bonds is 4. The summed E-state index contributed by atoms with van der Waals surface area (Å²) in [7, 11) is 0. The number of fused-ring (bicyclic) bond motifs is 1. The highest BCUT2D eigenvalue weighted by Gasteiger charge is 2.15. The largest absolute Gasteiger partial charge is 0.450 e. The third-order valence-electron chi connectivity index (χ3n) is 2.78. The highest BCUT2D eigenvalue weighted by molar-refractivity contribution is 5.78. The van der Waals surface area contributed by atoms with E-state index in [2.05, 4.69) is 10.3 Å². The van der Waals surface area contributed by atoms with Crippen LogP contribution in [0.4, 0.5) is 4.79 Å². The molecule has 0 spiro atoms. The van der Waals surface area contributed by atoms with Crippen LogP contribution in [0.25, 0.3) is 10.9 Å². The van der Waals surface area contributed by atoms with Gasteiger partial charge in [-0.05, 0) is 19.1 Å². The van der Waals surface area contributed by atoms with Crippen LogP contribution in [0.1, 0.15) is 18.7 Å². The summed E-state index contributed by atoms with van der Waals surface area (Å²) in [5.74, 6) is 0. The normalized spacial score (nSPS) is 12.1. The maximum Gasteiger partial charge on any atom is 0.407 e. The summed E-state index contributed by atoms with van der Waals surface area (Å²) >= 11 is 0. The summed E-state index contributed by atoms with van der Waals surface area (Å²) in [6.45, 7) is 2.35. The molecule has 5 heteroatoms. The lowest BCUT2D eigenvalue weighted by molar-refractivity contribution is 0.148. The highest BCUT2D eigenvalue weighted by atomic mass is 16.5. The first kappa shape index (κ1) is 13.3. The zero-order chi connectivity index (χ0) is 13.7. The molecule has 5 nitrogen and oxygen atoms in total. The quantitative estimate of drug-likeness (QED) is 0.880. The Hall–Kier alpha value is -2.14. The number of nitrogens with one attached hydrogen (secondary N) is 1. The molecule has 0 saturated heterocycles. The van der Waals surface area contributed by atoms with Crippen molar-refractivity contribution in [1.29, 1.82) is 0 Å². The topological polar surface area (TPSA) is 77.2 Å². The van der Waals surface area contributed by atoms with E-state index in [1.165, 1.54) is 0 Å². The molecular formula is C14H17N3O2. The Balaban J connectivity index is 2.22. The number of aromatic nitrogens is 1. The monoisotopic (exact) mass is 259 g/mol. The van der Waals surface area contributed by atoms with Gasteiger partial charge in [-0.1, -0.05) is 24.3 Å². The Bertz CT molecular complexity index is 571. The number of hydrogen-bond donors (Lipinski definition) is 2. The van der Waals surface area contributed by atoms with Crippen molar-refractivity contribution in [2.45, 2.75) is 13.0 Å². The standard InChI is InChI=1S/C14H17N3O2/c1-2-19-14(18)17-13(9-15)12-8-7-10-5-3-4-6-11(10)16-12/h3-8,13H,2,9,15H2,1H3,(H,17,18). The van der Waals surface area contributed by atoms with Crippen LogP contribution >= 0.6 is 0 Å². The van der Waals surface area contributed by atoms with Gasteiger partial charge in [0.15, 0.2) is 0 Å². The van der Waals surface area contributed by atoms with E-state index >= 15 is 0 Å². The molecule has 19 heavy (non-hydrogen) atoms. The lowest BCUT2D eigenvalue weighted by Gasteiger charge is -2.16. The molecule has 100 valence electrons. The Morgan fingerprint density at radius 1 is 1.37 bits per heavy atom. The van der Waals surface area contributed by atoms with Crippen LogP contribution < -0.4 is 11.1 Å². The first-order chi connectivity index (χ1) is 9.24. The van der Waals surface area contributed by atoms with Crippen LogP contribution in [-0.2, 0) is 4.74 Å². The SMILES string of the molecule is CCOC(=O)NC(CN)c1ccc2ccccc2n1. The molecule has 0 bridgehead atoms. The van der Waals surface area contributed by atoms with Crippen molar-refractivity contribution in [3.8, 4) is 0 Å². The molecular weight excluding hydrogens is 242 g/mol. The molecule has 0 saturated carbocycles. The van der Waals surface area contributed by atoms with E-state index in [1.807, 2.05) is 36.4 Å². The molecule has 0 radical (unpaired) electrons. The third kappa shape index (κ3) is 3.20. The fraction of sp³-hybridized carbons (Fsp3) is 0.286. The van der Waals surface area contributed by atoms with Gasteiger partial charge >= 0.3 is 6.09 Å². The number of nitrogens with zero attached hydrogens (tertiary/aromatic N) is 1. The number of carbonyl (C=O) groups is 1. The van der Waals surface area contributed by atoms with Gasteiger partial charge in [-0.25, -0.2) is 4.79 Å². The summed E-state index contributed by atoms with van der Waals surface area (Å²) in [5, 5.41) is 3.75. The van der Waals surface area contributed by atoms with Gasteiger partial charge in [0, 0.05) is 11.9 Å². The first-order valence-electron chi connectivity index (χ1n) is 6.23. The average molecular weight is 259 g/mol. The number of ether oxygens (including phenoxy) is 1. The van der Waals surface area contributed by atoms with E-state index in [-0.39, 0.29) is 12.6 Å². The Labute approximate surface area is 111 Å². The minimum Gasteiger partial charge on any atom is -0.450 e. The second-order valence-electron chi connectivity index (χ2n) is 4.08. The maximum absolute atomic E-state index is 11.4. The number of amides is 1. The van der Waals surface area contributed by atoms with Crippen LogP contribution in [0.5, 0.6) is 0 Å². The van der Waals surface area contributed by atoms with E-state index in [1.54, 1.807) is 6.92 Å². The predicted molar refractivity (Wildman–Crippen MR) is 73.7 cm³/mol. The lowest BCUT2D eigenvalue weighted by atomic mass is 10.1. The molecule has 1 aromatic carbocycles. The van der Waals surface area contributed by atoms with Gasteiger partial charge in [-0.2, -0.15) is 0 Å². The van der Waals surface area contributed by atoms with Crippen molar-refractivity contribution in [1.82, 2.24) is 10.3 Å². The third-order valence-corrected chi connectivity index (χ3v) is 2.78. The molecule has 2 rings (SSSR count). The molecule has 0 aliphatic rings. The summed E-state index contributed by atoms with van der Waals surface area (Å²) in [4.78, 5) is 15.9. The zero-order valence-electron chi connectivity index (χ0n) is 10.8. The minimum atomic E-state index is -0.479. The Kier molecular flexibility index (Phi) is 4.30. The van der Waals surface area contributed by atoms with E-state index in [9.17, 15) is 4.79 Å². The number of alkyl carbamates (subject to hydrolysis) is 1. The van der Waals surface area contributed by atoms with E-state index < -0.39 is 6.09 Å². The summed E-state index contributed by atoms with van der Waals surface area (Å²) in [5.41, 5.74) is 7.29. The molecule has 0 fully saturated rings. The minimum absolute atomic E-state index is 0.268. The van der Waals surface area contributed by atoms with Crippen LogP contribution in [-0.4, -0.2) is 24.2 Å². The van der Waals surface area contributed by atoms with Gasteiger partial charge in [-0.15, -0.1) is 0 Å². The Morgan fingerprint density at radius 2 is 2.16 bits per heavy atom. The number of pyridine rings is 1. The van der Waals surface area contributed by atoms with E-state index in [0.29, 0.717) is 6.61 Å². The second-order valence-corrected chi connectivity index (χ2v) is 4.08. The fourth-order valence-corrected chi connectivity index (χ4v) is 1.84. The maximum atomic E-state index is 11.4. The van der Waals surface area contributed by atoms with E-state index in [4.69, 9.17) is 10.5 Å². The highest BCUT2D eigenvalue weighted by Crippen LogP contribution is 2.16. The first-order valence-corrected chi connectivity index (χ1v) is 6.23. The summed E-state index contributed by atoms with van der Waals surface area (Å²) in [6, 6.07) is 11.3. The molecule has 1 aromatic heterocycles. The second kappa shape index (κ2) is 6.15. The van der Waals surface area contributed by atoms with Gasteiger partial charge in [0.1, 0.15) is 0 Å². The van der Waals surface area contributed by atoms with Crippen LogP contribution in [0.15, 0.2) is 36.4 Å². The van der Waals surface area contributed by atoms with Crippen molar-refractivity contribution in [2.24, 2.45) is 5.73 Å². The molecule has 0 aliphatic carbocycles. The summed E-state index contributed by atoms with van der Waals surface area (Å²) in [6.07, 6.45) is -0.479. The van der Waals surface area contributed by atoms with E-state index in [0.717, 1.165) is 16.6 Å². The lowest BCUT2D eigenvalue weighted by Crippen LogP contribution is -2.34.